The number of likely N-dealkylation sites (tertiary alicyclic amines) is 1. The molecule has 2 unspecified atom stereocenters. The summed E-state index contributed by atoms with van der Waals surface area (Å²) in [6.07, 6.45) is 12.0. The maximum Gasteiger partial charge on any atom is 0.224 e. The van der Waals surface area contributed by atoms with E-state index in [9.17, 15) is 4.79 Å². The van der Waals surface area contributed by atoms with Crippen LogP contribution in [0.3, 0.4) is 0 Å². The van der Waals surface area contributed by atoms with Crippen LogP contribution in [-0.2, 0) is 11.8 Å². The molecule has 0 bridgehead atoms. The van der Waals surface area contributed by atoms with E-state index in [1.807, 2.05) is 22.7 Å². The number of rotatable bonds is 3. The van der Waals surface area contributed by atoms with E-state index in [2.05, 4.69) is 10.9 Å². The number of amides is 1. The molecule has 1 aromatic rings. The van der Waals surface area contributed by atoms with Gasteiger partial charge in [0.15, 0.2) is 0 Å². The van der Waals surface area contributed by atoms with Gasteiger partial charge in [-0.3, -0.25) is 4.79 Å². The predicted octanol–water partition coefficient (Wildman–Crippen LogP) is 1.35. The van der Waals surface area contributed by atoms with Crippen molar-refractivity contribution >= 4 is 5.91 Å². The number of imidazole rings is 1. The van der Waals surface area contributed by atoms with Crippen molar-refractivity contribution in [1.82, 2.24) is 14.5 Å². The molecule has 2 atom stereocenters. The minimum Gasteiger partial charge on any atom is -0.336 e. The van der Waals surface area contributed by atoms with E-state index in [0.717, 1.165) is 5.82 Å². The lowest BCUT2D eigenvalue weighted by molar-refractivity contribution is -0.130. The molecule has 2 heterocycles. The van der Waals surface area contributed by atoms with E-state index in [0.29, 0.717) is 18.9 Å². The van der Waals surface area contributed by atoms with Crippen molar-refractivity contribution in [2.75, 3.05) is 6.54 Å². The van der Waals surface area contributed by atoms with E-state index in [4.69, 9.17) is 6.42 Å². The number of terminal acetylenes is 1. The molecule has 1 aliphatic carbocycles. The summed E-state index contributed by atoms with van der Waals surface area (Å²) in [5.74, 6) is 4.51. The predicted molar refractivity (Wildman–Crippen MR) is 67.3 cm³/mol. The Morgan fingerprint density at radius 1 is 1.56 bits per heavy atom. The van der Waals surface area contributed by atoms with Gasteiger partial charge in [-0.25, -0.2) is 4.98 Å². The van der Waals surface area contributed by atoms with Crippen LogP contribution < -0.4 is 0 Å². The van der Waals surface area contributed by atoms with E-state index < -0.39 is 0 Å². The lowest BCUT2D eigenvalue weighted by Gasteiger charge is -2.27. The van der Waals surface area contributed by atoms with Crippen LogP contribution in [0.25, 0.3) is 0 Å². The third-order valence-electron chi connectivity index (χ3n) is 3.92. The number of hydrogen-bond acceptors (Lipinski definition) is 2. The fourth-order valence-corrected chi connectivity index (χ4v) is 2.79. The fourth-order valence-electron chi connectivity index (χ4n) is 2.79. The average molecular weight is 243 g/mol. The quantitative estimate of drug-likeness (QED) is 0.752. The third kappa shape index (κ3) is 1.80. The van der Waals surface area contributed by atoms with E-state index >= 15 is 0 Å². The van der Waals surface area contributed by atoms with E-state index in [1.54, 1.807) is 6.20 Å². The summed E-state index contributed by atoms with van der Waals surface area (Å²) in [6, 6.07) is 0.121. The van der Waals surface area contributed by atoms with Crippen LogP contribution in [-0.4, -0.2) is 26.9 Å². The highest BCUT2D eigenvalue weighted by molar-refractivity contribution is 5.79. The Morgan fingerprint density at radius 3 is 2.83 bits per heavy atom. The lowest BCUT2D eigenvalue weighted by Crippen LogP contribution is -2.33. The molecule has 1 saturated heterocycles. The summed E-state index contributed by atoms with van der Waals surface area (Å²) in [7, 11) is 1.98. The van der Waals surface area contributed by atoms with Crippen molar-refractivity contribution in [3.8, 4) is 12.3 Å². The first kappa shape index (κ1) is 11.3. The maximum atomic E-state index is 12.1. The van der Waals surface area contributed by atoms with Crippen molar-refractivity contribution in [1.29, 1.82) is 0 Å². The monoisotopic (exact) mass is 243 g/mol. The van der Waals surface area contributed by atoms with Gasteiger partial charge in [-0.2, -0.15) is 0 Å². The van der Waals surface area contributed by atoms with Gasteiger partial charge in [0.2, 0.25) is 5.91 Å². The first-order chi connectivity index (χ1) is 8.70. The minimum atomic E-state index is 0.0685. The van der Waals surface area contributed by atoms with Crippen LogP contribution in [0.15, 0.2) is 12.4 Å². The first-order valence-corrected chi connectivity index (χ1v) is 6.43. The Kier molecular flexibility index (Phi) is 2.62. The van der Waals surface area contributed by atoms with Gasteiger partial charge >= 0.3 is 0 Å². The molecule has 0 radical (unpaired) electrons. The van der Waals surface area contributed by atoms with E-state index in [1.165, 1.54) is 12.8 Å². The summed E-state index contributed by atoms with van der Waals surface area (Å²) >= 11 is 0. The molecule has 3 rings (SSSR count). The Hall–Kier alpha value is -1.76. The van der Waals surface area contributed by atoms with Crippen LogP contribution in [0.1, 0.15) is 31.1 Å². The molecule has 4 nitrogen and oxygen atoms in total. The molecule has 2 fully saturated rings. The van der Waals surface area contributed by atoms with Gasteiger partial charge in [-0.1, -0.05) is 0 Å². The van der Waals surface area contributed by atoms with Crippen LogP contribution in [0.4, 0.5) is 0 Å². The highest BCUT2D eigenvalue weighted by atomic mass is 16.2. The van der Waals surface area contributed by atoms with E-state index in [-0.39, 0.29) is 17.9 Å². The second kappa shape index (κ2) is 4.16. The van der Waals surface area contributed by atoms with Gasteiger partial charge in [0.25, 0.3) is 0 Å². The standard InChI is InChI=1S/C14H17N3O/c1-3-10-8-12(18)17(9-10)13(11-4-5-11)14-15-6-7-16(14)2/h1,6-7,10-11,13H,4-5,8-9H2,2H3. The number of hydrogen-bond donors (Lipinski definition) is 0. The number of carbonyl (C=O) groups excluding carboxylic acids is 1. The molecular weight excluding hydrogens is 226 g/mol. The Labute approximate surface area is 107 Å². The fraction of sp³-hybridized carbons (Fsp3) is 0.571. The van der Waals surface area contributed by atoms with Crippen LogP contribution >= 0.6 is 0 Å². The molecule has 4 heteroatoms. The largest absolute Gasteiger partial charge is 0.336 e. The highest BCUT2D eigenvalue weighted by Gasteiger charge is 2.43. The normalized spacial score (nSPS) is 25.2. The Morgan fingerprint density at radius 2 is 2.33 bits per heavy atom. The zero-order valence-electron chi connectivity index (χ0n) is 10.5. The molecule has 1 amide bonds. The number of aromatic nitrogens is 2. The second-order valence-electron chi connectivity index (χ2n) is 5.29. The average Bonchev–Trinajstić information content (AvgIpc) is 3.00. The topological polar surface area (TPSA) is 38.1 Å². The van der Waals surface area contributed by atoms with Crippen molar-refractivity contribution in [2.45, 2.75) is 25.3 Å². The number of nitrogens with zero attached hydrogens (tertiary/aromatic N) is 3. The Balaban J connectivity index is 1.90. The summed E-state index contributed by atoms with van der Waals surface area (Å²) in [4.78, 5) is 18.5. The third-order valence-corrected chi connectivity index (χ3v) is 3.92. The molecule has 1 aliphatic heterocycles. The molecule has 1 aromatic heterocycles. The number of carbonyl (C=O) groups is 1. The molecule has 18 heavy (non-hydrogen) atoms. The zero-order chi connectivity index (χ0) is 12.7. The van der Waals surface area contributed by atoms with Gasteiger partial charge in [-0.05, 0) is 18.8 Å². The molecule has 2 aliphatic rings. The zero-order valence-corrected chi connectivity index (χ0v) is 10.5. The SMILES string of the molecule is C#CC1CC(=O)N(C(c2nccn2C)C2CC2)C1. The van der Waals surface area contributed by atoms with Crippen LogP contribution in [0, 0.1) is 24.2 Å². The molecule has 0 spiro atoms. The molecule has 0 aromatic carbocycles. The molecule has 1 saturated carbocycles. The summed E-state index contributed by atoms with van der Waals surface area (Å²) < 4.78 is 2.01. The summed E-state index contributed by atoms with van der Waals surface area (Å²) in [5.41, 5.74) is 0. The van der Waals surface area contributed by atoms with Gasteiger partial charge in [0, 0.05) is 38.3 Å². The van der Waals surface area contributed by atoms with Crippen LogP contribution in [0.5, 0.6) is 0 Å². The molecule has 0 N–H and O–H groups in total. The van der Waals surface area contributed by atoms with Crippen molar-refractivity contribution in [2.24, 2.45) is 18.9 Å². The van der Waals surface area contributed by atoms with Crippen molar-refractivity contribution in [3.63, 3.8) is 0 Å². The van der Waals surface area contributed by atoms with Crippen LogP contribution in [0.2, 0.25) is 0 Å². The molecule has 94 valence electrons. The van der Waals surface area contributed by atoms with Crippen molar-refractivity contribution < 1.29 is 4.79 Å². The van der Waals surface area contributed by atoms with Gasteiger partial charge in [-0.15, -0.1) is 12.3 Å². The Bertz CT molecular complexity index is 509. The highest BCUT2D eigenvalue weighted by Crippen LogP contribution is 2.45. The second-order valence-corrected chi connectivity index (χ2v) is 5.29. The van der Waals surface area contributed by atoms with Crippen molar-refractivity contribution in [3.05, 3.63) is 18.2 Å². The van der Waals surface area contributed by atoms with Gasteiger partial charge < -0.3 is 9.47 Å². The number of aryl methyl sites for hydroxylation is 1. The van der Waals surface area contributed by atoms with Gasteiger partial charge in [0.1, 0.15) is 5.82 Å². The maximum absolute atomic E-state index is 12.1. The van der Waals surface area contributed by atoms with Gasteiger partial charge in [0.05, 0.1) is 6.04 Å². The molecular formula is C14H17N3O. The minimum absolute atomic E-state index is 0.0685. The summed E-state index contributed by atoms with van der Waals surface area (Å²) in [5, 5.41) is 0. The lowest BCUT2D eigenvalue weighted by atomic mass is 10.1. The first-order valence-electron chi connectivity index (χ1n) is 6.43. The summed E-state index contributed by atoms with van der Waals surface area (Å²) in [6.45, 7) is 0.684. The smallest absolute Gasteiger partial charge is 0.224 e.